The summed E-state index contributed by atoms with van der Waals surface area (Å²) in [6.07, 6.45) is 5.75. The molecule has 126 valence electrons. The molecule has 1 N–H and O–H groups in total. The largest absolute Gasteiger partial charge is 0.490 e. The van der Waals surface area contributed by atoms with Crippen LogP contribution in [0.4, 0.5) is 0 Å². The number of hydrogen-bond donors (Lipinski definition) is 1. The van der Waals surface area contributed by atoms with Crippen molar-refractivity contribution in [1.82, 2.24) is 9.88 Å². The summed E-state index contributed by atoms with van der Waals surface area (Å²) >= 11 is 0. The second-order valence-electron chi connectivity index (χ2n) is 6.24. The van der Waals surface area contributed by atoms with Gasteiger partial charge >= 0.3 is 5.97 Å². The Bertz CT molecular complexity index is 709. The molecule has 5 heteroatoms. The zero-order chi connectivity index (χ0) is 16.9. The molecule has 3 rings (SSSR count). The highest BCUT2D eigenvalue weighted by Gasteiger charge is 2.21. The maximum atomic E-state index is 11.1. The first kappa shape index (κ1) is 16.5. The summed E-state index contributed by atoms with van der Waals surface area (Å²) in [5, 5.41) is 9.08. The number of likely N-dealkylation sites (tertiary alicyclic amines) is 1. The van der Waals surface area contributed by atoms with E-state index in [-0.39, 0.29) is 6.10 Å². The summed E-state index contributed by atoms with van der Waals surface area (Å²) in [6, 6.07) is 9.09. The highest BCUT2D eigenvalue weighted by molar-refractivity contribution is 5.87. The molecular formula is C19H22N2O3. The highest BCUT2D eigenvalue weighted by atomic mass is 16.5. The lowest BCUT2D eigenvalue weighted by molar-refractivity contribution is 0.0696. The molecule has 0 aliphatic carbocycles. The fourth-order valence-corrected chi connectivity index (χ4v) is 3.02. The first-order valence-corrected chi connectivity index (χ1v) is 8.23. The third-order valence-electron chi connectivity index (χ3n) is 4.38. The minimum Gasteiger partial charge on any atom is -0.490 e. The number of ether oxygens (including phenoxy) is 1. The fourth-order valence-electron chi connectivity index (χ4n) is 3.02. The molecule has 1 aliphatic rings. The van der Waals surface area contributed by atoms with Gasteiger partial charge in [-0.3, -0.25) is 9.88 Å². The molecule has 5 nitrogen and oxygen atoms in total. The lowest BCUT2D eigenvalue weighted by Gasteiger charge is -2.32. The summed E-state index contributed by atoms with van der Waals surface area (Å²) in [5.74, 6) is 0.0364. The van der Waals surface area contributed by atoms with Gasteiger partial charge in [-0.05, 0) is 43.5 Å². The van der Waals surface area contributed by atoms with Gasteiger partial charge in [0, 0.05) is 37.6 Å². The van der Waals surface area contributed by atoms with Crippen molar-refractivity contribution in [3.05, 3.63) is 59.4 Å². The maximum Gasteiger partial charge on any atom is 0.335 e. The van der Waals surface area contributed by atoms with E-state index in [1.165, 1.54) is 0 Å². The zero-order valence-electron chi connectivity index (χ0n) is 13.8. The normalized spacial score (nSPS) is 16.0. The number of carbonyl (C=O) groups is 1. The van der Waals surface area contributed by atoms with Crippen LogP contribution in [0.15, 0.2) is 42.7 Å². The molecule has 1 aliphatic heterocycles. The molecule has 2 aromatic rings. The number of aromatic carboxylic acids is 1. The summed E-state index contributed by atoms with van der Waals surface area (Å²) in [5.41, 5.74) is 2.45. The predicted octanol–water partition coefficient (Wildman–Crippen LogP) is 3.13. The van der Waals surface area contributed by atoms with Gasteiger partial charge in [0.05, 0.1) is 5.56 Å². The first-order chi connectivity index (χ1) is 11.6. The molecule has 1 aromatic carbocycles. The maximum absolute atomic E-state index is 11.1. The van der Waals surface area contributed by atoms with Crippen LogP contribution in [0.25, 0.3) is 0 Å². The quantitative estimate of drug-likeness (QED) is 0.914. The van der Waals surface area contributed by atoms with Crippen molar-refractivity contribution in [1.29, 1.82) is 0 Å². The number of hydrogen-bond acceptors (Lipinski definition) is 4. The molecule has 0 amide bonds. The third kappa shape index (κ3) is 4.11. The van der Waals surface area contributed by atoms with E-state index in [9.17, 15) is 4.79 Å². The number of pyridine rings is 1. The molecule has 0 bridgehead atoms. The van der Waals surface area contributed by atoms with Gasteiger partial charge < -0.3 is 9.84 Å². The molecular weight excluding hydrogens is 304 g/mol. The first-order valence-electron chi connectivity index (χ1n) is 8.23. The van der Waals surface area contributed by atoms with Crippen LogP contribution in [0.1, 0.15) is 34.3 Å². The Morgan fingerprint density at radius 2 is 2.12 bits per heavy atom. The van der Waals surface area contributed by atoms with Crippen molar-refractivity contribution < 1.29 is 14.6 Å². The summed E-state index contributed by atoms with van der Waals surface area (Å²) in [4.78, 5) is 17.5. The minimum atomic E-state index is -0.878. The monoisotopic (exact) mass is 326 g/mol. The van der Waals surface area contributed by atoms with Gasteiger partial charge in [0.15, 0.2) is 0 Å². The Balaban J connectivity index is 1.53. The number of nitrogens with zero attached hydrogens (tertiary/aromatic N) is 2. The van der Waals surface area contributed by atoms with Crippen LogP contribution in [0.5, 0.6) is 5.75 Å². The van der Waals surface area contributed by atoms with E-state index in [0.29, 0.717) is 5.56 Å². The molecule has 2 heterocycles. The van der Waals surface area contributed by atoms with Crippen molar-refractivity contribution in [3.63, 3.8) is 0 Å². The number of rotatable bonds is 5. The topological polar surface area (TPSA) is 62.7 Å². The average Bonchev–Trinajstić information content (AvgIpc) is 2.59. The lowest BCUT2D eigenvalue weighted by atomic mass is 10.1. The van der Waals surface area contributed by atoms with E-state index >= 15 is 0 Å². The molecule has 0 radical (unpaired) electrons. The second kappa shape index (κ2) is 7.45. The van der Waals surface area contributed by atoms with Crippen LogP contribution in [-0.4, -0.2) is 40.2 Å². The number of aromatic nitrogens is 1. The van der Waals surface area contributed by atoms with Gasteiger partial charge in [0.1, 0.15) is 11.9 Å². The standard InChI is InChI=1S/C19H22N2O3/c1-14-12-20-8-5-18(14)24-17-6-9-21(10-7-17)13-15-3-2-4-16(11-15)19(22)23/h2-5,8,11-12,17H,6-7,9-10,13H2,1H3,(H,22,23). The van der Waals surface area contributed by atoms with Crippen LogP contribution in [-0.2, 0) is 6.54 Å². The average molecular weight is 326 g/mol. The zero-order valence-corrected chi connectivity index (χ0v) is 13.8. The Hall–Kier alpha value is -2.40. The molecule has 0 spiro atoms. The van der Waals surface area contributed by atoms with Gasteiger partial charge in [-0.1, -0.05) is 12.1 Å². The molecule has 1 aromatic heterocycles. The van der Waals surface area contributed by atoms with Gasteiger partial charge in [-0.2, -0.15) is 0 Å². The van der Waals surface area contributed by atoms with Crippen LogP contribution in [0.3, 0.4) is 0 Å². The lowest BCUT2D eigenvalue weighted by Crippen LogP contribution is -2.37. The SMILES string of the molecule is Cc1cnccc1OC1CCN(Cc2cccc(C(=O)O)c2)CC1. The van der Waals surface area contributed by atoms with Crippen LogP contribution < -0.4 is 4.74 Å². The molecule has 0 atom stereocenters. The number of carboxylic acid groups (broad SMARTS) is 1. The molecule has 1 saturated heterocycles. The van der Waals surface area contributed by atoms with Crippen LogP contribution in [0.2, 0.25) is 0 Å². The number of piperidine rings is 1. The smallest absolute Gasteiger partial charge is 0.335 e. The van der Waals surface area contributed by atoms with E-state index in [2.05, 4.69) is 9.88 Å². The number of carboxylic acids is 1. The highest BCUT2D eigenvalue weighted by Crippen LogP contribution is 2.22. The van der Waals surface area contributed by atoms with Crippen LogP contribution in [0, 0.1) is 6.92 Å². The number of benzene rings is 1. The Morgan fingerprint density at radius 3 is 2.83 bits per heavy atom. The van der Waals surface area contributed by atoms with Crippen molar-refractivity contribution >= 4 is 5.97 Å². The van der Waals surface area contributed by atoms with E-state index in [4.69, 9.17) is 9.84 Å². The van der Waals surface area contributed by atoms with E-state index in [0.717, 1.165) is 49.4 Å². The van der Waals surface area contributed by atoms with Gasteiger partial charge in [-0.25, -0.2) is 4.79 Å². The fraction of sp³-hybridized carbons (Fsp3) is 0.368. The summed E-state index contributed by atoms with van der Waals surface area (Å²) in [6.45, 7) is 4.69. The van der Waals surface area contributed by atoms with Gasteiger partial charge in [0.2, 0.25) is 0 Å². The van der Waals surface area contributed by atoms with E-state index in [1.54, 1.807) is 24.4 Å². The number of aryl methyl sites for hydroxylation is 1. The summed E-state index contributed by atoms with van der Waals surface area (Å²) in [7, 11) is 0. The molecule has 24 heavy (non-hydrogen) atoms. The Labute approximate surface area is 141 Å². The second-order valence-corrected chi connectivity index (χ2v) is 6.24. The molecule has 0 unspecified atom stereocenters. The summed E-state index contributed by atoms with van der Waals surface area (Å²) < 4.78 is 6.09. The van der Waals surface area contributed by atoms with E-state index < -0.39 is 5.97 Å². The van der Waals surface area contributed by atoms with Gasteiger partial charge in [0.25, 0.3) is 0 Å². The third-order valence-corrected chi connectivity index (χ3v) is 4.38. The molecule has 0 saturated carbocycles. The van der Waals surface area contributed by atoms with Crippen LogP contribution >= 0.6 is 0 Å². The predicted molar refractivity (Wildman–Crippen MR) is 91.3 cm³/mol. The van der Waals surface area contributed by atoms with Crippen molar-refractivity contribution in [2.75, 3.05) is 13.1 Å². The van der Waals surface area contributed by atoms with Crippen molar-refractivity contribution in [2.24, 2.45) is 0 Å². The van der Waals surface area contributed by atoms with Crippen molar-refractivity contribution in [3.8, 4) is 5.75 Å². The van der Waals surface area contributed by atoms with E-state index in [1.807, 2.05) is 25.3 Å². The van der Waals surface area contributed by atoms with Crippen molar-refractivity contribution in [2.45, 2.75) is 32.4 Å². The molecule has 1 fully saturated rings. The van der Waals surface area contributed by atoms with Gasteiger partial charge in [-0.15, -0.1) is 0 Å². The Kier molecular flexibility index (Phi) is 5.11. The minimum absolute atomic E-state index is 0.229. The Morgan fingerprint density at radius 1 is 1.33 bits per heavy atom.